The molecule has 2 heterocycles. The van der Waals surface area contributed by atoms with Gasteiger partial charge >= 0.3 is 6.09 Å². The molecule has 0 saturated carbocycles. The quantitative estimate of drug-likeness (QED) is 0.168. The van der Waals surface area contributed by atoms with Crippen molar-refractivity contribution >= 4 is 59.0 Å². The molecule has 13 nitrogen and oxygen atoms in total. The lowest BCUT2D eigenvalue weighted by Gasteiger charge is -2.36. The van der Waals surface area contributed by atoms with Crippen LogP contribution in [0.5, 0.6) is 0 Å². The van der Waals surface area contributed by atoms with Crippen molar-refractivity contribution in [2.75, 3.05) is 31.2 Å². The predicted octanol–water partition coefficient (Wildman–Crippen LogP) is 2.59. The van der Waals surface area contributed by atoms with Crippen molar-refractivity contribution in [1.29, 1.82) is 0 Å². The topological polar surface area (TPSA) is 183 Å². The number of aliphatic hydroxyl groups excluding tert-OH is 1. The lowest BCUT2D eigenvalue weighted by atomic mass is 9.85. The Hall–Kier alpha value is -2.52. The van der Waals surface area contributed by atoms with Gasteiger partial charge in [0.1, 0.15) is 17.7 Å². The smallest absolute Gasteiger partial charge is 0.408 e. The summed E-state index contributed by atoms with van der Waals surface area (Å²) in [4.78, 5) is 81.0. The number of carbonyl (C=O) groups is 6. The molecule has 274 valence electrons. The summed E-state index contributed by atoms with van der Waals surface area (Å²) in [7, 11) is 0. The van der Waals surface area contributed by atoms with E-state index in [0.717, 1.165) is 17.9 Å². The van der Waals surface area contributed by atoms with Gasteiger partial charge in [-0.3, -0.25) is 24.0 Å². The Balaban J connectivity index is 2.24. The highest BCUT2D eigenvalue weighted by Crippen LogP contribution is 2.50. The normalized spacial score (nSPS) is 19.6. The number of hydrogen-bond donors (Lipinski definition) is 5. The van der Waals surface area contributed by atoms with Crippen molar-refractivity contribution in [3.8, 4) is 0 Å². The van der Waals surface area contributed by atoms with E-state index in [9.17, 15) is 33.9 Å². The molecule has 0 aromatic heterocycles. The largest absolute Gasteiger partial charge is 0.444 e. The molecule has 0 aromatic carbocycles. The van der Waals surface area contributed by atoms with Crippen LogP contribution in [0.1, 0.15) is 94.4 Å². The average molecular weight is 716 g/mol. The van der Waals surface area contributed by atoms with Crippen LogP contribution in [0.2, 0.25) is 0 Å². The van der Waals surface area contributed by atoms with Gasteiger partial charge in [-0.25, -0.2) is 4.79 Å². The summed E-state index contributed by atoms with van der Waals surface area (Å²) in [5.41, 5.74) is -1.51. The molecule has 2 aliphatic rings. The molecule has 48 heavy (non-hydrogen) atoms. The van der Waals surface area contributed by atoms with E-state index >= 15 is 0 Å². The van der Waals surface area contributed by atoms with E-state index < -0.39 is 81.3 Å². The summed E-state index contributed by atoms with van der Waals surface area (Å²) in [6, 6.07) is -3.60. The molecule has 4 atom stereocenters. The van der Waals surface area contributed by atoms with Crippen LogP contribution < -0.4 is 21.3 Å². The summed E-state index contributed by atoms with van der Waals surface area (Å²) < 4.78 is 5.01. The van der Waals surface area contributed by atoms with Crippen LogP contribution >= 0.6 is 23.5 Å². The number of Topliss-reactive ketones (excluding diaryl/α,β-unsaturated/α-hetero) is 1. The Morgan fingerprint density at radius 3 is 2.12 bits per heavy atom. The molecule has 2 rings (SSSR count). The summed E-state index contributed by atoms with van der Waals surface area (Å²) in [5, 5.41) is 20.0. The third kappa shape index (κ3) is 12.7. The number of amides is 5. The number of aliphatic hydroxyl groups is 1. The van der Waals surface area contributed by atoms with Gasteiger partial charge in [-0.15, -0.1) is 23.5 Å². The van der Waals surface area contributed by atoms with E-state index in [-0.39, 0.29) is 25.5 Å². The monoisotopic (exact) mass is 715 g/mol. The minimum absolute atomic E-state index is 0.172. The predicted molar refractivity (Wildman–Crippen MR) is 188 cm³/mol. The van der Waals surface area contributed by atoms with E-state index in [4.69, 9.17) is 4.74 Å². The van der Waals surface area contributed by atoms with Crippen molar-refractivity contribution in [2.24, 2.45) is 11.3 Å². The molecule has 2 aliphatic heterocycles. The molecule has 0 radical (unpaired) electrons. The van der Waals surface area contributed by atoms with Crippen LogP contribution in [-0.2, 0) is 28.7 Å². The fraction of sp³-hybridized carbons (Fsp3) is 0.818. The molecule has 5 N–H and O–H groups in total. The lowest BCUT2D eigenvalue weighted by molar-refractivity contribution is -0.144. The third-order valence-electron chi connectivity index (χ3n) is 7.86. The number of nitrogens with one attached hydrogen (secondary N) is 4. The molecule has 1 spiro atoms. The van der Waals surface area contributed by atoms with Gasteiger partial charge in [0.25, 0.3) is 5.91 Å². The number of ether oxygens (including phenoxy) is 1. The summed E-state index contributed by atoms with van der Waals surface area (Å²) in [5.74, 6) is -1.47. The van der Waals surface area contributed by atoms with Crippen LogP contribution in [0.4, 0.5) is 4.79 Å². The number of likely N-dealkylation sites (tertiary alicyclic amines) is 1. The van der Waals surface area contributed by atoms with E-state index in [1.807, 2.05) is 41.5 Å². The van der Waals surface area contributed by atoms with Crippen molar-refractivity contribution in [1.82, 2.24) is 26.2 Å². The van der Waals surface area contributed by atoms with Crippen LogP contribution in [-0.4, -0.2) is 111 Å². The summed E-state index contributed by atoms with van der Waals surface area (Å²) in [6.45, 7) is 15.9. The number of thioether (sulfide) groups is 2. The van der Waals surface area contributed by atoms with Crippen LogP contribution in [0, 0.1) is 11.3 Å². The maximum absolute atomic E-state index is 14.3. The summed E-state index contributed by atoms with van der Waals surface area (Å²) in [6.07, 6.45) is 1.80. The number of alkyl carbamates (subject to hydrolysis) is 1. The maximum Gasteiger partial charge on any atom is 0.408 e. The molecule has 0 aliphatic carbocycles. The van der Waals surface area contributed by atoms with Gasteiger partial charge < -0.3 is 36.0 Å². The zero-order valence-electron chi connectivity index (χ0n) is 30.0. The van der Waals surface area contributed by atoms with Gasteiger partial charge in [0.15, 0.2) is 0 Å². The lowest BCUT2D eigenvalue weighted by Crippen LogP contribution is -2.59. The molecular weight excluding hydrogens is 659 g/mol. The Labute approximate surface area is 293 Å². The van der Waals surface area contributed by atoms with E-state index in [0.29, 0.717) is 19.3 Å². The van der Waals surface area contributed by atoms with Gasteiger partial charge in [0.05, 0.1) is 29.3 Å². The molecule has 3 unspecified atom stereocenters. The fourth-order valence-corrected chi connectivity index (χ4v) is 8.98. The van der Waals surface area contributed by atoms with Crippen molar-refractivity contribution < 1.29 is 38.6 Å². The number of hydrogen-bond acceptors (Lipinski definition) is 10. The second-order valence-corrected chi connectivity index (χ2v) is 18.3. The highest BCUT2D eigenvalue weighted by molar-refractivity contribution is 8.18. The Bertz CT molecular complexity index is 1160. The van der Waals surface area contributed by atoms with Gasteiger partial charge in [-0.2, -0.15) is 0 Å². The number of rotatable bonds is 14. The molecule has 0 bridgehead atoms. The molecule has 0 aromatic rings. The zero-order chi connectivity index (χ0) is 36.4. The maximum atomic E-state index is 14.3. The van der Waals surface area contributed by atoms with Crippen LogP contribution in [0.25, 0.3) is 0 Å². The number of carbonyl (C=O) groups excluding carboxylic acids is 6. The van der Waals surface area contributed by atoms with Crippen molar-refractivity contribution in [3.05, 3.63) is 0 Å². The first kappa shape index (κ1) is 41.7. The minimum Gasteiger partial charge on any atom is -0.444 e. The Kier molecular flexibility index (Phi) is 15.6. The Morgan fingerprint density at radius 2 is 1.60 bits per heavy atom. The van der Waals surface area contributed by atoms with Gasteiger partial charge in [0, 0.05) is 13.0 Å². The van der Waals surface area contributed by atoms with Gasteiger partial charge in [0.2, 0.25) is 23.5 Å². The minimum atomic E-state index is -1.17. The van der Waals surface area contributed by atoms with Gasteiger partial charge in [-0.05, 0) is 62.9 Å². The van der Waals surface area contributed by atoms with Gasteiger partial charge in [-0.1, -0.05) is 48.0 Å². The molecular formula is C33H57N5O8S2. The van der Waals surface area contributed by atoms with Crippen molar-refractivity contribution in [3.63, 3.8) is 0 Å². The van der Waals surface area contributed by atoms with Crippen LogP contribution in [0.15, 0.2) is 0 Å². The molecule has 15 heteroatoms. The molecule has 2 saturated heterocycles. The van der Waals surface area contributed by atoms with E-state index in [1.165, 1.54) is 4.90 Å². The number of nitrogens with zero attached hydrogens (tertiary/aromatic N) is 1. The zero-order valence-corrected chi connectivity index (χ0v) is 31.7. The Morgan fingerprint density at radius 1 is 0.979 bits per heavy atom. The molecule has 5 amide bonds. The van der Waals surface area contributed by atoms with Crippen LogP contribution in [0.3, 0.4) is 0 Å². The second kappa shape index (κ2) is 17.9. The third-order valence-corrected chi connectivity index (χ3v) is 11.2. The fourth-order valence-electron chi connectivity index (χ4n) is 5.63. The summed E-state index contributed by atoms with van der Waals surface area (Å²) >= 11 is 3.41. The highest BCUT2D eigenvalue weighted by Gasteiger charge is 2.53. The van der Waals surface area contributed by atoms with Crippen molar-refractivity contribution in [2.45, 2.75) is 128 Å². The standard InChI is InChI=1S/C33H57N5O8S2/c1-10-12-22(25(41)28(43)34-17-24(40)35-21(18-39)15-20(2)3)36-27(42)23-16-33(47-13-11-14-48-33)19-38(23)29(44)26(31(4,5)6)37-30(45)46-32(7,8)9/h20-23,26,39H,10-19H2,1-9H3,(H,34,43)(H,35,40)(H,36,42)(H,37,45)/t21?,22?,23-,26?/m0/s1. The first-order valence-electron chi connectivity index (χ1n) is 16.8. The number of ketones is 1. The first-order chi connectivity index (χ1) is 22.2. The second-order valence-electron chi connectivity index (χ2n) is 15.1. The van der Waals surface area contributed by atoms with E-state index in [1.54, 1.807) is 44.3 Å². The SMILES string of the molecule is CCCC(NC(=O)[C@@H]1CC2(CN1C(=O)C(NC(=O)OC(C)(C)C)C(C)(C)C)SCCCS2)C(=O)C(=O)NCC(=O)NC(CO)CC(C)C. The van der Waals surface area contributed by atoms with E-state index in [2.05, 4.69) is 21.3 Å². The first-order valence-corrected chi connectivity index (χ1v) is 18.8. The average Bonchev–Trinajstić information content (AvgIpc) is 3.34. The highest BCUT2D eigenvalue weighted by atomic mass is 32.2. The molecule has 2 fully saturated rings.